The van der Waals surface area contributed by atoms with Gasteiger partial charge in [0, 0.05) is 12.7 Å². The Morgan fingerprint density at radius 1 is 1.25 bits per heavy atom. The maximum atomic E-state index is 11.6. The molecule has 1 N–H and O–H groups in total. The minimum atomic E-state index is -0.416. The summed E-state index contributed by atoms with van der Waals surface area (Å²) in [5.41, 5.74) is 2.03. The molecule has 0 unspecified atom stereocenters. The van der Waals surface area contributed by atoms with E-state index in [4.69, 9.17) is 0 Å². The molecule has 1 atom stereocenters. The fraction of sp³-hybridized carbons (Fsp3) is 0.333. The first-order valence-electron chi connectivity index (χ1n) is 5.21. The van der Waals surface area contributed by atoms with Crippen LogP contribution in [0, 0.1) is 6.92 Å². The third-order valence-corrected chi connectivity index (χ3v) is 2.77. The van der Waals surface area contributed by atoms with Gasteiger partial charge in [-0.15, -0.1) is 0 Å². The number of carbonyl (C=O) groups is 2. The minimum Gasteiger partial charge on any atom is -0.373 e. The summed E-state index contributed by atoms with van der Waals surface area (Å²) >= 11 is 0. The number of carbonyl (C=O) groups excluding carboxylic acids is 2. The zero-order valence-corrected chi connectivity index (χ0v) is 9.36. The van der Waals surface area contributed by atoms with E-state index in [9.17, 15) is 9.59 Å². The van der Waals surface area contributed by atoms with E-state index in [-0.39, 0.29) is 18.2 Å². The molecule has 1 aliphatic rings. The highest BCUT2D eigenvalue weighted by atomic mass is 16.2. The summed E-state index contributed by atoms with van der Waals surface area (Å²) in [5.74, 6) is -0.291. The Morgan fingerprint density at radius 2 is 1.88 bits per heavy atom. The molecule has 1 heterocycles. The third-order valence-electron chi connectivity index (χ3n) is 2.77. The topological polar surface area (TPSA) is 49.4 Å². The molecule has 1 aromatic carbocycles. The van der Waals surface area contributed by atoms with Crippen LogP contribution in [-0.2, 0) is 9.59 Å². The molecule has 1 aromatic rings. The summed E-state index contributed by atoms with van der Waals surface area (Å²) in [7, 11) is 1.52. The summed E-state index contributed by atoms with van der Waals surface area (Å²) in [6.45, 7) is 2.00. The average Bonchev–Trinajstić information content (AvgIpc) is 2.50. The van der Waals surface area contributed by atoms with Gasteiger partial charge in [0.15, 0.2) is 0 Å². The Morgan fingerprint density at radius 3 is 2.38 bits per heavy atom. The fourth-order valence-electron chi connectivity index (χ4n) is 1.72. The molecule has 0 aromatic heterocycles. The van der Waals surface area contributed by atoms with Crippen molar-refractivity contribution in [2.24, 2.45) is 0 Å². The molecular weight excluding hydrogens is 204 g/mol. The molecule has 0 radical (unpaired) electrons. The van der Waals surface area contributed by atoms with Crippen LogP contribution in [0.25, 0.3) is 0 Å². The zero-order valence-electron chi connectivity index (χ0n) is 9.36. The van der Waals surface area contributed by atoms with Crippen LogP contribution in [0.1, 0.15) is 12.0 Å². The number of nitrogens with one attached hydrogen (secondary N) is 1. The van der Waals surface area contributed by atoms with E-state index in [1.54, 1.807) is 0 Å². The van der Waals surface area contributed by atoms with Crippen molar-refractivity contribution in [2.45, 2.75) is 19.4 Å². The van der Waals surface area contributed by atoms with Crippen molar-refractivity contribution >= 4 is 17.5 Å². The van der Waals surface area contributed by atoms with E-state index < -0.39 is 6.04 Å². The third kappa shape index (κ3) is 1.91. The number of rotatable bonds is 2. The number of anilines is 1. The molecule has 1 fully saturated rings. The molecule has 84 valence electrons. The van der Waals surface area contributed by atoms with Gasteiger partial charge in [0.25, 0.3) is 5.91 Å². The van der Waals surface area contributed by atoms with Gasteiger partial charge in [-0.25, -0.2) is 0 Å². The first kappa shape index (κ1) is 10.7. The molecule has 2 amide bonds. The maximum Gasteiger partial charge on any atom is 0.251 e. The van der Waals surface area contributed by atoms with Gasteiger partial charge in [-0.2, -0.15) is 0 Å². The highest BCUT2D eigenvalue weighted by Crippen LogP contribution is 2.17. The lowest BCUT2D eigenvalue weighted by Gasteiger charge is -2.12. The lowest BCUT2D eigenvalue weighted by Crippen LogP contribution is -2.31. The molecule has 0 saturated carbocycles. The number of hydrogen-bond acceptors (Lipinski definition) is 3. The van der Waals surface area contributed by atoms with E-state index >= 15 is 0 Å². The number of benzene rings is 1. The Hall–Kier alpha value is -1.84. The fourth-order valence-corrected chi connectivity index (χ4v) is 1.72. The Labute approximate surface area is 94.2 Å². The number of amides is 2. The summed E-state index contributed by atoms with van der Waals surface area (Å²) in [5, 5.41) is 3.07. The second-order valence-electron chi connectivity index (χ2n) is 4.06. The summed E-state index contributed by atoms with van der Waals surface area (Å²) in [6.07, 6.45) is 0.239. The van der Waals surface area contributed by atoms with Crippen molar-refractivity contribution in [1.82, 2.24) is 4.90 Å². The second kappa shape index (κ2) is 3.96. The van der Waals surface area contributed by atoms with Crippen molar-refractivity contribution in [3.63, 3.8) is 0 Å². The van der Waals surface area contributed by atoms with E-state index in [0.717, 1.165) is 11.3 Å². The molecule has 16 heavy (non-hydrogen) atoms. The van der Waals surface area contributed by atoms with E-state index in [1.807, 2.05) is 31.2 Å². The van der Waals surface area contributed by atoms with Crippen LogP contribution in [0.4, 0.5) is 5.69 Å². The number of likely N-dealkylation sites (tertiary alicyclic amines) is 1. The van der Waals surface area contributed by atoms with Gasteiger partial charge in [-0.1, -0.05) is 17.7 Å². The first-order chi connectivity index (χ1) is 7.58. The number of likely N-dealkylation sites (N-methyl/N-ethyl adjacent to an activating group) is 1. The van der Waals surface area contributed by atoms with Crippen LogP contribution >= 0.6 is 0 Å². The van der Waals surface area contributed by atoms with Crippen LogP contribution in [0.5, 0.6) is 0 Å². The second-order valence-corrected chi connectivity index (χ2v) is 4.06. The monoisotopic (exact) mass is 218 g/mol. The standard InChI is InChI=1S/C12H14N2O2/c1-8-3-5-9(6-4-8)13-10-7-11(15)14(2)12(10)16/h3-6,10,13H,7H2,1-2H3/t10-/m0/s1. The van der Waals surface area contributed by atoms with Crippen LogP contribution in [-0.4, -0.2) is 29.8 Å². The van der Waals surface area contributed by atoms with Crippen LogP contribution in [0.15, 0.2) is 24.3 Å². The van der Waals surface area contributed by atoms with Crippen molar-refractivity contribution < 1.29 is 9.59 Å². The van der Waals surface area contributed by atoms with E-state index in [0.29, 0.717) is 0 Å². The number of aryl methyl sites for hydroxylation is 1. The van der Waals surface area contributed by atoms with Gasteiger partial charge in [0.05, 0.1) is 6.42 Å². The molecule has 4 nitrogen and oxygen atoms in total. The predicted molar refractivity (Wildman–Crippen MR) is 61.0 cm³/mol. The lowest BCUT2D eigenvalue weighted by molar-refractivity contribution is -0.136. The summed E-state index contributed by atoms with van der Waals surface area (Å²) in [6, 6.07) is 7.33. The summed E-state index contributed by atoms with van der Waals surface area (Å²) < 4.78 is 0. The highest BCUT2D eigenvalue weighted by Gasteiger charge is 2.35. The summed E-state index contributed by atoms with van der Waals surface area (Å²) in [4.78, 5) is 24.1. The van der Waals surface area contributed by atoms with Gasteiger partial charge in [-0.3, -0.25) is 14.5 Å². The average molecular weight is 218 g/mol. The quantitative estimate of drug-likeness (QED) is 0.758. The van der Waals surface area contributed by atoms with Gasteiger partial charge < -0.3 is 5.32 Å². The van der Waals surface area contributed by atoms with Crippen LogP contribution in [0.3, 0.4) is 0 Å². The highest BCUT2D eigenvalue weighted by molar-refractivity contribution is 6.06. The molecule has 4 heteroatoms. The minimum absolute atomic E-state index is 0.130. The van der Waals surface area contributed by atoms with Crippen LogP contribution < -0.4 is 5.32 Å². The SMILES string of the molecule is Cc1ccc(N[C@H]2CC(=O)N(C)C2=O)cc1. The van der Waals surface area contributed by atoms with Crippen molar-refractivity contribution in [3.8, 4) is 0 Å². The molecule has 1 aliphatic heterocycles. The molecule has 2 rings (SSSR count). The van der Waals surface area contributed by atoms with Gasteiger partial charge >= 0.3 is 0 Å². The molecule has 0 aliphatic carbocycles. The van der Waals surface area contributed by atoms with Crippen molar-refractivity contribution in [3.05, 3.63) is 29.8 Å². The number of nitrogens with zero attached hydrogens (tertiary/aromatic N) is 1. The lowest BCUT2D eigenvalue weighted by atomic mass is 10.2. The van der Waals surface area contributed by atoms with E-state index in [2.05, 4.69) is 5.32 Å². The largest absolute Gasteiger partial charge is 0.373 e. The Kier molecular flexibility index (Phi) is 2.64. The predicted octanol–water partition coefficient (Wildman–Crippen LogP) is 1.16. The molecule has 0 bridgehead atoms. The normalized spacial score (nSPS) is 20.4. The zero-order chi connectivity index (χ0) is 11.7. The molecule has 0 spiro atoms. The Balaban J connectivity index is 2.09. The maximum absolute atomic E-state index is 11.6. The number of imide groups is 1. The molecular formula is C12H14N2O2. The van der Waals surface area contributed by atoms with Gasteiger partial charge in [-0.05, 0) is 19.1 Å². The van der Waals surface area contributed by atoms with Crippen molar-refractivity contribution in [2.75, 3.05) is 12.4 Å². The van der Waals surface area contributed by atoms with Crippen LogP contribution in [0.2, 0.25) is 0 Å². The molecule has 1 saturated heterocycles. The first-order valence-corrected chi connectivity index (χ1v) is 5.21. The van der Waals surface area contributed by atoms with Gasteiger partial charge in [0.1, 0.15) is 6.04 Å². The Bertz CT molecular complexity index is 425. The van der Waals surface area contributed by atoms with Crippen molar-refractivity contribution in [1.29, 1.82) is 0 Å². The smallest absolute Gasteiger partial charge is 0.251 e. The van der Waals surface area contributed by atoms with Gasteiger partial charge in [0.2, 0.25) is 5.91 Å². The number of hydrogen-bond donors (Lipinski definition) is 1. The van der Waals surface area contributed by atoms with E-state index in [1.165, 1.54) is 11.9 Å².